The number of halogens is 1. The van der Waals surface area contributed by atoms with Crippen LogP contribution in [0.3, 0.4) is 0 Å². The Kier molecular flexibility index (Phi) is 4.17. The van der Waals surface area contributed by atoms with Crippen LogP contribution in [-0.4, -0.2) is 6.29 Å². The third-order valence-corrected chi connectivity index (χ3v) is 2.96. The Morgan fingerprint density at radius 1 is 1.26 bits per heavy atom. The number of carbonyl (C=O) groups is 1. The Morgan fingerprint density at radius 2 is 2.05 bits per heavy atom. The average Bonchev–Trinajstić information content (AvgIpc) is 2.46. The number of aldehydes is 1. The van der Waals surface area contributed by atoms with Gasteiger partial charge in [0.15, 0.2) is 6.29 Å². The topological polar surface area (TPSA) is 50.1 Å². The highest BCUT2D eigenvalue weighted by Crippen LogP contribution is 2.21. The number of ether oxygens (including phenoxy) is 1. The third-order valence-electron chi connectivity index (χ3n) is 2.61. The van der Waals surface area contributed by atoms with Crippen molar-refractivity contribution in [3.63, 3.8) is 0 Å². The number of hydrogen-bond donors (Lipinski definition) is 0. The monoisotopic (exact) mass is 271 g/mol. The van der Waals surface area contributed by atoms with Gasteiger partial charge in [0.2, 0.25) is 0 Å². The minimum atomic E-state index is 0.245. The number of carbonyl (C=O) groups excluding carboxylic acids is 1. The smallest absolute Gasteiger partial charge is 0.153 e. The second-order valence-corrected chi connectivity index (χ2v) is 4.27. The van der Waals surface area contributed by atoms with Crippen LogP contribution in [0, 0.1) is 11.3 Å². The maximum absolute atomic E-state index is 10.8. The van der Waals surface area contributed by atoms with Crippen molar-refractivity contribution >= 4 is 17.9 Å². The van der Waals surface area contributed by atoms with Crippen molar-refractivity contribution in [1.29, 1.82) is 5.26 Å². The van der Waals surface area contributed by atoms with Crippen molar-refractivity contribution in [2.75, 3.05) is 0 Å². The molecule has 0 N–H and O–H groups in total. The highest BCUT2D eigenvalue weighted by atomic mass is 35.5. The van der Waals surface area contributed by atoms with Crippen LogP contribution in [0.5, 0.6) is 5.75 Å². The summed E-state index contributed by atoms with van der Waals surface area (Å²) in [5.74, 6) is 0.512. The van der Waals surface area contributed by atoms with Crippen molar-refractivity contribution in [2.24, 2.45) is 0 Å². The van der Waals surface area contributed by atoms with Gasteiger partial charge in [0.25, 0.3) is 0 Å². The summed E-state index contributed by atoms with van der Waals surface area (Å²) >= 11 is 6.05. The van der Waals surface area contributed by atoms with Crippen molar-refractivity contribution in [2.45, 2.75) is 6.61 Å². The Bertz CT molecular complexity index is 647. The van der Waals surface area contributed by atoms with Gasteiger partial charge in [0.1, 0.15) is 12.4 Å². The van der Waals surface area contributed by atoms with Crippen LogP contribution in [0.1, 0.15) is 21.5 Å². The van der Waals surface area contributed by atoms with Crippen LogP contribution < -0.4 is 4.74 Å². The molecule has 0 unspecified atom stereocenters. The summed E-state index contributed by atoms with van der Waals surface area (Å²) in [6.45, 7) is 0.245. The van der Waals surface area contributed by atoms with E-state index in [1.165, 1.54) is 0 Å². The van der Waals surface area contributed by atoms with E-state index in [4.69, 9.17) is 21.6 Å². The lowest BCUT2D eigenvalue weighted by Gasteiger charge is -2.09. The van der Waals surface area contributed by atoms with Crippen LogP contribution in [0.25, 0.3) is 0 Å². The van der Waals surface area contributed by atoms with Crippen molar-refractivity contribution in [3.05, 3.63) is 64.2 Å². The molecule has 0 aliphatic heterocycles. The molecule has 0 fully saturated rings. The second-order valence-electron chi connectivity index (χ2n) is 3.86. The normalized spacial score (nSPS) is 9.68. The first-order valence-electron chi connectivity index (χ1n) is 5.60. The van der Waals surface area contributed by atoms with E-state index in [9.17, 15) is 4.79 Å². The number of benzene rings is 2. The SMILES string of the molecule is N#Cc1ccc(COc2ccccc2C=O)c(Cl)c1. The van der Waals surface area contributed by atoms with Crippen LogP contribution in [-0.2, 0) is 6.61 Å². The molecule has 2 rings (SSSR count). The zero-order valence-electron chi connectivity index (χ0n) is 9.97. The molecule has 94 valence electrons. The molecule has 4 heteroatoms. The van der Waals surface area contributed by atoms with Gasteiger partial charge in [0.05, 0.1) is 17.2 Å². The minimum Gasteiger partial charge on any atom is -0.488 e. The Balaban J connectivity index is 2.15. The first-order valence-corrected chi connectivity index (χ1v) is 5.98. The molecule has 0 amide bonds. The van der Waals surface area contributed by atoms with Gasteiger partial charge in [-0.1, -0.05) is 29.8 Å². The van der Waals surface area contributed by atoms with E-state index in [1.54, 1.807) is 42.5 Å². The minimum absolute atomic E-state index is 0.245. The molecule has 0 radical (unpaired) electrons. The van der Waals surface area contributed by atoms with Crippen molar-refractivity contribution in [1.82, 2.24) is 0 Å². The van der Waals surface area contributed by atoms with E-state index >= 15 is 0 Å². The molecule has 2 aromatic rings. The average molecular weight is 272 g/mol. The van der Waals surface area contributed by atoms with E-state index in [-0.39, 0.29) is 6.61 Å². The molecule has 0 bridgehead atoms. The molecule has 19 heavy (non-hydrogen) atoms. The predicted molar refractivity (Wildman–Crippen MR) is 72.3 cm³/mol. The summed E-state index contributed by atoms with van der Waals surface area (Å²) in [6.07, 6.45) is 0.746. The number of para-hydroxylation sites is 1. The van der Waals surface area contributed by atoms with E-state index in [0.29, 0.717) is 21.9 Å². The van der Waals surface area contributed by atoms with Crippen molar-refractivity contribution in [3.8, 4) is 11.8 Å². The first-order chi connectivity index (χ1) is 9.24. The van der Waals surface area contributed by atoms with Gasteiger partial charge >= 0.3 is 0 Å². The van der Waals surface area contributed by atoms with E-state index < -0.39 is 0 Å². The zero-order chi connectivity index (χ0) is 13.7. The molecule has 0 aliphatic rings. The Morgan fingerprint density at radius 3 is 2.74 bits per heavy atom. The molecular formula is C15H10ClNO2. The van der Waals surface area contributed by atoms with Crippen LogP contribution >= 0.6 is 11.6 Å². The van der Waals surface area contributed by atoms with Gasteiger partial charge in [-0.05, 0) is 24.3 Å². The van der Waals surface area contributed by atoms with Crippen LogP contribution in [0.2, 0.25) is 5.02 Å². The summed E-state index contributed by atoms with van der Waals surface area (Å²) in [7, 11) is 0. The first kappa shape index (κ1) is 13.1. The fraction of sp³-hybridized carbons (Fsp3) is 0.0667. The van der Waals surface area contributed by atoms with Crippen LogP contribution in [0.15, 0.2) is 42.5 Å². The van der Waals surface area contributed by atoms with Gasteiger partial charge in [0, 0.05) is 10.6 Å². The fourth-order valence-corrected chi connectivity index (χ4v) is 1.83. The maximum atomic E-state index is 10.8. The molecule has 0 saturated carbocycles. The maximum Gasteiger partial charge on any atom is 0.153 e. The van der Waals surface area contributed by atoms with Gasteiger partial charge in [-0.3, -0.25) is 4.79 Å². The molecule has 2 aromatic carbocycles. The van der Waals surface area contributed by atoms with E-state index in [0.717, 1.165) is 11.8 Å². The molecule has 0 aliphatic carbocycles. The molecule has 0 heterocycles. The number of nitriles is 1. The molecule has 0 aromatic heterocycles. The largest absolute Gasteiger partial charge is 0.488 e. The summed E-state index contributed by atoms with van der Waals surface area (Å²) < 4.78 is 5.57. The Labute approximate surface area is 116 Å². The predicted octanol–water partition coefficient (Wildman–Crippen LogP) is 3.60. The summed E-state index contributed by atoms with van der Waals surface area (Å²) in [5.41, 5.74) is 1.76. The van der Waals surface area contributed by atoms with E-state index in [2.05, 4.69) is 0 Å². The highest BCUT2D eigenvalue weighted by Gasteiger charge is 2.05. The molecule has 0 saturated heterocycles. The van der Waals surface area contributed by atoms with Gasteiger partial charge in [-0.2, -0.15) is 5.26 Å². The Hall–Kier alpha value is -2.31. The van der Waals surface area contributed by atoms with Crippen molar-refractivity contribution < 1.29 is 9.53 Å². The van der Waals surface area contributed by atoms with Crippen LogP contribution in [0.4, 0.5) is 0 Å². The van der Waals surface area contributed by atoms with Gasteiger partial charge < -0.3 is 4.74 Å². The lowest BCUT2D eigenvalue weighted by molar-refractivity contribution is 0.111. The fourth-order valence-electron chi connectivity index (χ4n) is 1.60. The third kappa shape index (κ3) is 3.12. The molecule has 0 atom stereocenters. The summed E-state index contributed by atoms with van der Waals surface area (Å²) in [4.78, 5) is 10.8. The summed E-state index contributed by atoms with van der Waals surface area (Å²) in [6, 6.07) is 14.0. The zero-order valence-corrected chi connectivity index (χ0v) is 10.7. The number of hydrogen-bond acceptors (Lipinski definition) is 3. The highest BCUT2D eigenvalue weighted by molar-refractivity contribution is 6.31. The standard InChI is InChI=1S/C15H10ClNO2/c16-14-7-11(8-17)5-6-13(14)10-19-15-4-2-1-3-12(15)9-18/h1-7,9H,10H2. The quantitative estimate of drug-likeness (QED) is 0.798. The molecular weight excluding hydrogens is 262 g/mol. The lowest BCUT2D eigenvalue weighted by Crippen LogP contribution is -1.99. The number of nitrogens with zero attached hydrogens (tertiary/aromatic N) is 1. The molecule has 3 nitrogen and oxygen atoms in total. The van der Waals surface area contributed by atoms with Gasteiger partial charge in [-0.15, -0.1) is 0 Å². The van der Waals surface area contributed by atoms with Gasteiger partial charge in [-0.25, -0.2) is 0 Å². The number of rotatable bonds is 4. The molecule has 0 spiro atoms. The lowest BCUT2D eigenvalue weighted by atomic mass is 10.1. The van der Waals surface area contributed by atoms with E-state index in [1.807, 2.05) is 6.07 Å². The summed E-state index contributed by atoms with van der Waals surface area (Å²) in [5, 5.41) is 9.23. The second kappa shape index (κ2) is 6.03.